The number of ether oxygens (including phenoxy) is 1. The molecule has 0 aliphatic heterocycles. The van der Waals surface area contributed by atoms with Gasteiger partial charge in [0.2, 0.25) is 0 Å². The molecule has 0 aliphatic carbocycles. The van der Waals surface area contributed by atoms with Crippen LogP contribution >= 0.6 is 24.8 Å². The van der Waals surface area contributed by atoms with Gasteiger partial charge in [-0.25, -0.2) is 0 Å². The molecular formula is C16H24Cl2N2O. The third-order valence-electron chi connectivity index (χ3n) is 3.26. The van der Waals surface area contributed by atoms with Crippen molar-refractivity contribution in [3.05, 3.63) is 42.0 Å². The van der Waals surface area contributed by atoms with Crippen molar-refractivity contribution in [2.75, 3.05) is 34.3 Å². The monoisotopic (exact) mass is 330 g/mol. The molecule has 0 saturated heterocycles. The molecule has 2 rings (SSSR count). The molecule has 0 aromatic heterocycles. The highest BCUT2D eigenvalue weighted by Crippen LogP contribution is 2.27. The van der Waals surface area contributed by atoms with Crippen LogP contribution in [0.5, 0.6) is 5.75 Å². The van der Waals surface area contributed by atoms with Gasteiger partial charge in [-0.15, -0.1) is 24.8 Å². The standard InChI is InChI=1S/C16H22N2O.2ClH/c1-18(2)11-10-17-12-15-14-7-5-4-6-13(14)8-9-16(15)19-3;;/h4-9,17H,10-12H2,1-3H3;2*1H. The van der Waals surface area contributed by atoms with E-state index >= 15 is 0 Å². The number of benzene rings is 2. The summed E-state index contributed by atoms with van der Waals surface area (Å²) < 4.78 is 5.48. The van der Waals surface area contributed by atoms with Gasteiger partial charge in [-0.05, 0) is 30.9 Å². The van der Waals surface area contributed by atoms with Crippen molar-refractivity contribution in [2.45, 2.75) is 6.54 Å². The third kappa shape index (κ3) is 5.36. The average Bonchev–Trinajstić information content (AvgIpc) is 2.43. The summed E-state index contributed by atoms with van der Waals surface area (Å²) in [6.45, 7) is 2.84. The SMILES string of the molecule is COc1ccc2ccccc2c1CNCCN(C)C.Cl.Cl. The van der Waals surface area contributed by atoms with Crippen LogP contribution in [-0.4, -0.2) is 39.2 Å². The van der Waals surface area contributed by atoms with Gasteiger partial charge in [-0.3, -0.25) is 0 Å². The first-order chi connectivity index (χ1) is 9.22. The van der Waals surface area contributed by atoms with Crippen molar-refractivity contribution in [1.82, 2.24) is 10.2 Å². The molecule has 0 radical (unpaired) electrons. The Balaban J connectivity index is 0.00000200. The Morgan fingerprint density at radius 1 is 1.05 bits per heavy atom. The van der Waals surface area contributed by atoms with Crippen LogP contribution in [0.1, 0.15) is 5.56 Å². The van der Waals surface area contributed by atoms with E-state index in [0.717, 1.165) is 25.4 Å². The van der Waals surface area contributed by atoms with Crippen LogP contribution in [0.4, 0.5) is 0 Å². The lowest BCUT2D eigenvalue weighted by Crippen LogP contribution is -2.26. The van der Waals surface area contributed by atoms with E-state index in [1.54, 1.807) is 7.11 Å². The molecule has 0 aliphatic rings. The summed E-state index contributed by atoms with van der Waals surface area (Å²) in [4.78, 5) is 2.17. The molecule has 21 heavy (non-hydrogen) atoms. The molecule has 3 nitrogen and oxygen atoms in total. The molecule has 0 heterocycles. The maximum Gasteiger partial charge on any atom is 0.123 e. The Labute approximate surface area is 139 Å². The summed E-state index contributed by atoms with van der Waals surface area (Å²) in [6.07, 6.45) is 0. The summed E-state index contributed by atoms with van der Waals surface area (Å²) in [5.74, 6) is 0.955. The molecule has 5 heteroatoms. The fourth-order valence-corrected chi connectivity index (χ4v) is 2.21. The van der Waals surface area contributed by atoms with Crippen LogP contribution in [0.25, 0.3) is 10.8 Å². The Bertz CT molecular complexity index is 547. The van der Waals surface area contributed by atoms with E-state index in [1.807, 2.05) is 6.07 Å². The highest BCUT2D eigenvalue weighted by Gasteiger charge is 2.07. The number of halogens is 2. The maximum atomic E-state index is 5.48. The molecule has 0 atom stereocenters. The highest BCUT2D eigenvalue weighted by atomic mass is 35.5. The Morgan fingerprint density at radius 3 is 2.43 bits per heavy atom. The molecule has 0 unspecified atom stereocenters. The summed E-state index contributed by atoms with van der Waals surface area (Å²) in [6, 6.07) is 12.6. The largest absolute Gasteiger partial charge is 0.496 e. The number of rotatable bonds is 6. The fourth-order valence-electron chi connectivity index (χ4n) is 2.21. The van der Waals surface area contributed by atoms with E-state index in [-0.39, 0.29) is 24.8 Å². The minimum Gasteiger partial charge on any atom is -0.496 e. The second-order valence-corrected chi connectivity index (χ2v) is 4.95. The van der Waals surface area contributed by atoms with Gasteiger partial charge in [0, 0.05) is 25.2 Å². The van der Waals surface area contributed by atoms with Crippen molar-refractivity contribution in [2.24, 2.45) is 0 Å². The van der Waals surface area contributed by atoms with Gasteiger partial charge in [0.1, 0.15) is 5.75 Å². The molecule has 1 N–H and O–H groups in total. The number of nitrogens with zero attached hydrogens (tertiary/aromatic N) is 1. The summed E-state index contributed by atoms with van der Waals surface area (Å²) in [5, 5.41) is 6.00. The summed E-state index contributed by atoms with van der Waals surface area (Å²) >= 11 is 0. The lowest BCUT2D eigenvalue weighted by molar-refractivity contribution is 0.393. The van der Waals surface area contributed by atoms with Crippen molar-refractivity contribution >= 4 is 35.6 Å². The molecule has 0 amide bonds. The topological polar surface area (TPSA) is 24.5 Å². The van der Waals surface area contributed by atoms with Gasteiger partial charge < -0.3 is 15.0 Å². The van der Waals surface area contributed by atoms with Crippen molar-refractivity contribution in [1.29, 1.82) is 0 Å². The zero-order chi connectivity index (χ0) is 13.7. The van der Waals surface area contributed by atoms with Crippen molar-refractivity contribution < 1.29 is 4.74 Å². The zero-order valence-electron chi connectivity index (χ0n) is 12.8. The number of fused-ring (bicyclic) bond motifs is 1. The third-order valence-corrected chi connectivity index (χ3v) is 3.26. The maximum absolute atomic E-state index is 5.48. The second-order valence-electron chi connectivity index (χ2n) is 4.95. The van der Waals surface area contributed by atoms with Gasteiger partial charge in [0.05, 0.1) is 7.11 Å². The first-order valence-electron chi connectivity index (χ1n) is 6.62. The number of nitrogens with one attached hydrogen (secondary N) is 1. The number of hydrogen-bond acceptors (Lipinski definition) is 3. The minimum atomic E-state index is 0. The van der Waals surface area contributed by atoms with Gasteiger partial charge in [0.15, 0.2) is 0 Å². The van der Waals surface area contributed by atoms with Crippen molar-refractivity contribution in [3.8, 4) is 5.75 Å². The molecule has 0 bridgehead atoms. The second kappa shape index (κ2) is 9.85. The van der Waals surface area contributed by atoms with Crippen LogP contribution in [0.15, 0.2) is 36.4 Å². The first kappa shape index (κ1) is 20.0. The lowest BCUT2D eigenvalue weighted by Gasteiger charge is -2.14. The fraction of sp³-hybridized carbons (Fsp3) is 0.375. The van der Waals surface area contributed by atoms with Gasteiger partial charge in [-0.2, -0.15) is 0 Å². The van der Waals surface area contributed by atoms with Crippen LogP contribution in [-0.2, 0) is 6.54 Å². The highest BCUT2D eigenvalue weighted by molar-refractivity contribution is 5.87. The predicted molar refractivity (Wildman–Crippen MR) is 95.3 cm³/mol. The molecule has 118 valence electrons. The van der Waals surface area contributed by atoms with E-state index in [0.29, 0.717) is 0 Å². The van der Waals surface area contributed by atoms with Gasteiger partial charge in [-0.1, -0.05) is 30.3 Å². The van der Waals surface area contributed by atoms with Crippen LogP contribution in [0.3, 0.4) is 0 Å². The van der Waals surface area contributed by atoms with E-state index in [1.165, 1.54) is 16.3 Å². The lowest BCUT2D eigenvalue weighted by atomic mass is 10.0. The van der Waals surface area contributed by atoms with E-state index < -0.39 is 0 Å². The van der Waals surface area contributed by atoms with E-state index in [9.17, 15) is 0 Å². The average molecular weight is 331 g/mol. The first-order valence-corrected chi connectivity index (χ1v) is 6.62. The molecule has 2 aromatic carbocycles. The normalized spacial score (nSPS) is 10.1. The number of methoxy groups -OCH3 is 1. The quantitative estimate of drug-likeness (QED) is 0.822. The Hall–Kier alpha value is -1.00. The molecule has 0 fully saturated rings. The minimum absolute atomic E-state index is 0. The smallest absolute Gasteiger partial charge is 0.123 e. The molecule has 0 spiro atoms. The summed E-state index contributed by atoms with van der Waals surface area (Å²) in [7, 11) is 5.90. The van der Waals surface area contributed by atoms with Crippen LogP contribution in [0, 0.1) is 0 Å². The van der Waals surface area contributed by atoms with Gasteiger partial charge >= 0.3 is 0 Å². The van der Waals surface area contributed by atoms with Crippen LogP contribution < -0.4 is 10.1 Å². The summed E-state index contributed by atoms with van der Waals surface area (Å²) in [5.41, 5.74) is 1.24. The Morgan fingerprint density at radius 2 is 1.76 bits per heavy atom. The van der Waals surface area contributed by atoms with Gasteiger partial charge in [0.25, 0.3) is 0 Å². The molecule has 0 saturated carbocycles. The molecular weight excluding hydrogens is 307 g/mol. The predicted octanol–water partition coefficient (Wildman–Crippen LogP) is 3.34. The number of likely N-dealkylation sites (N-methyl/N-ethyl adjacent to an activating group) is 1. The number of hydrogen-bond donors (Lipinski definition) is 1. The van der Waals surface area contributed by atoms with E-state index in [4.69, 9.17) is 4.74 Å². The van der Waals surface area contributed by atoms with E-state index in [2.05, 4.69) is 54.6 Å². The van der Waals surface area contributed by atoms with Crippen LogP contribution in [0.2, 0.25) is 0 Å². The molecule has 2 aromatic rings. The van der Waals surface area contributed by atoms with Crippen molar-refractivity contribution in [3.63, 3.8) is 0 Å². The zero-order valence-corrected chi connectivity index (χ0v) is 14.4. The Kier molecular flexibility index (Phi) is 9.38.